The first-order valence-corrected chi connectivity index (χ1v) is 7.01. The molecule has 1 aliphatic carbocycles. The first-order valence-electron chi connectivity index (χ1n) is 7.01. The molecule has 1 aromatic rings. The molecule has 0 bridgehead atoms. The fourth-order valence-corrected chi connectivity index (χ4v) is 2.66. The number of aromatic nitrogens is 2. The van der Waals surface area contributed by atoms with E-state index in [1.165, 1.54) is 19.2 Å². The van der Waals surface area contributed by atoms with E-state index in [9.17, 15) is 19.5 Å². The summed E-state index contributed by atoms with van der Waals surface area (Å²) in [5, 5.41) is 15.9. The lowest BCUT2D eigenvalue weighted by Crippen LogP contribution is -2.44. The lowest BCUT2D eigenvalue weighted by molar-refractivity contribution is -0.150. The van der Waals surface area contributed by atoms with Crippen molar-refractivity contribution in [1.29, 1.82) is 0 Å². The van der Waals surface area contributed by atoms with Crippen LogP contribution in [-0.4, -0.2) is 33.3 Å². The Labute approximate surface area is 122 Å². The molecule has 1 amide bonds. The van der Waals surface area contributed by atoms with Gasteiger partial charge in [0.1, 0.15) is 5.69 Å². The highest BCUT2D eigenvalue weighted by Gasteiger charge is 2.39. The second kappa shape index (κ2) is 6.07. The Morgan fingerprint density at radius 1 is 1.33 bits per heavy atom. The van der Waals surface area contributed by atoms with Crippen LogP contribution in [-0.2, 0) is 11.8 Å². The van der Waals surface area contributed by atoms with Gasteiger partial charge in [0.15, 0.2) is 0 Å². The summed E-state index contributed by atoms with van der Waals surface area (Å²) in [5.41, 5.74) is -1.08. The number of carboxylic acid groups (broad SMARTS) is 1. The molecule has 0 unspecified atom stereocenters. The van der Waals surface area contributed by atoms with Crippen molar-refractivity contribution in [2.24, 2.45) is 12.5 Å². The third kappa shape index (κ3) is 3.29. The molecular formula is C14H19N3O4. The fraction of sp³-hybridized carbons (Fsp3) is 0.571. The molecule has 0 aliphatic heterocycles. The highest BCUT2D eigenvalue weighted by Crippen LogP contribution is 2.36. The molecule has 1 heterocycles. The first-order chi connectivity index (χ1) is 9.94. The molecule has 21 heavy (non-hydrogen) atoms. The molecule has 114 valence electrons. The Balaban J connectivity index is 2.06. The average Bonchev–Trinajstić information content (AvgIpc) is 2.48. The van der Waals surface area contributed by atoms with Crippen molar-refractivity contribution in [2.75, 3.05) is 6.54 Å². The summed E-state index contributed by atoms with van der Waals surface area (Å²) >= 11 is 0. The maximum atomic E-state index is 12.0. The maximum Gasteiger partial charge on any atom is 0.311 e. The summed E-state index contributed by atoms with van der Waals surface area (Å²) in [6.45, 7) is 0.0890. The zero-order valence-corrected chi connectivity index (χ0v) is 12.0. The Morgan fingerprint density at radius 3 is 2.57 bits per heavy atom. The van der Waals surface area contributed by atoms with E-state index in [0.717, 1.165) is 23.9 Å². The van der Waals surface area contributed by atoms with Crippen molar-refractivity contribution in [2.45, 2.75) is 32.1 Å². The third-order valence-corrected chi connectivity index (χ3v) is 4.04. The predicted octanol–water partition coefficient (Wildman–Crippen LogP) is 0.545. The lowest BCUT2D eigenvalue weighted by atomic mass is 9.74. The Hall–Kier alpha value is -2.18. The number of hydrogen-bond donors (Lipinski definition) is 2. The van der Waals surface area contributed by atoms with Crippen molar-refractivity contribution in [3.8, 4) is 0 Å². The number of carboxylic acids is 1. The van der Waals surface area contributed by atoms with Gasteiger partial charge in [-0.15, -0.1) is 0 Å². The monoisotopic (exact) mass is 293 g/mol. The van der Waals surface area contributed by atoms with Gasteiger partial charge in [0.2, 0.25) is 0 Å². The SMILES string of the molecule is Cn1nc(C(=O)NCC2(C(=O)O)CCCCC2)ccc1=O. The lowest BCUT2D eigenvalue weighted by Gasteiger charge is -2.33. The van der Waals surface area contributed by atoms with Crippen LogP contribution in [0, 0.1) is 5.41 Å². The van der Waals surface area contributed by atoms with Crippen molar-refractivity contribution in [3.63, 3.8) is 0 Å². The molecule has 1 aromatic heterocycles. The summed E-state index contributed by atoms with van der Waals surface area (Å²) in [6, 6.07) is 2.60. The van der Waals surface area contributed by atoms with Gasteiger partial charge < -0.3 is 10.4 Å². The molecule has 0 atom stereocenters. The van der Waals surface area contributed by atoms with Crippen LogP contribution in [0.5, 0.6) is 0 Å². The van der Waals surface area contributed by atoms with Gasteiger partial charge in [0, 0.05) is 19.7 Å². The average molecular weight is 293 g/mol. The highest BCUT2D eigenvalue weighted by molar-refractivity contribution is 5.92. The van der Waals surface area contributed by atoms with Crippen LogP contribution in [0.15, 0.2) is 16.9 Å². The number of aryl methyl sites for hydroxylation is 1. The van der Waals surface area contributed by atoms with Gasteiger partial charge in [-0.05, 0) is 18.9 Å². The normalized spacial score (nSPS) is 17.2. The van der Waals surface area contributed by atoms with E-state index in [1.807, 2.05) is 0 Å². The Kier molecular flexibility index (Phi) is 4.40. The summed E-state index contributed by atoms with van der Waals surface area (Å²) in [5.74, 6) is -1.33. The van der Waals surface area contributed by atoms with E-state index in [0.29, 0.717) is 12.8 Å². The number of nitrogens with one attached hydrogen (secondary N) is 1. The van der Waals surface area contributed by atoms with E-state index in [2.05, 4.69) is 10.4 Å². The van der Waals surface area contributed by atoms with Crippen LogP contribution in [0.3, 0.4) is 0 Å². The van der Waals surface area contributed by atoms with Crippen molar-refractivity contribution in [1.82, 2.24) is 15.1 Å². The molecular weight excluding hydrogens is 274 g/mol. The van der Waals surface area contributed by atoms with E-state index in [-0.39, 0.29) is 17.8 Å². The van der Waals surface area contributed by atoms with Gasteiger partial charge >= 0.3 is 5.97 Å². The largest absolute Gasteiger partial charge is 0.481 e. The molecule has 0 radical (unpaired) electrons. The smallest absolute Gasteiger partial charge is 0.311 e. The number of aliphatic carboxylic acids is 1. The third-order valence-electron chi connectivity index (χ3n) is 4.04. The number of carbonyl (C=O) groups excluding carboxylic acids is 1. The van der Waals surface area contributed by atoms with Crippen LogP contribution >= 0.6 is 0 Å². The van der Waals surface area contributed by atoms with Gasteiger partial charge in [-0.25, -0.2) is 4.68 Å². The van der Waals surface area contributed by atoms with Crippen LogP contribution < -0.4 is 10.9 Å². The fourth-order valence-electron chi connectivity index (χ4n) is 2.66. The zero-order chi connectivity index (χ0) is 15.5. The van der Waals surface area contributed by atoms with Gasteiger partial charge in [-0.2, -0.15) is 5.10 Å². The minimum absolute atomic E-state index is 0.0890. The van der Waals surface area contributed by atoms with Crippen molar-refractivity contribution < 1.29 is 14.7 Å². The van der Waals surface area contributed by atoms with Gasteiger partial charge in [-0.3, -0.25) is 14.4 Å². The van der Waals surface area contributed by atoms with Crippen LogP contribution in [0.1, 0.15) is 42.6 Å². The number of rotatable bonds is 4. The molecule has 7 nitrogen and oxygen atoms in total. The highest BCUT2D eigenvalue weighted by atomic mass is 16.4. The summed E-state index contributed by atoms with van der Waals surface area (Å²) in [7, 11) is 1.46. The molecule has 1 saturated carbocycles. The number of hydrogen-bond acceptors (Lipinski definition) is 4. The molecule has 0 saturated heterocycles. The van der Waals surface area contributed by atoms with E-state index >= 15 is 0 Å². The molecule has 0 aromatic carbocycles. The topological polar surface area (TPSA) is 101 Å². The summed E-state index contributed by atoms with van der Waals surface area (Å²) in [4.78, 5) is 34.8. The number of amides is 1. The Morgan fingerprint density at radius 2 is 2.00 bits per heavy atom. The first kappa shape index (κ1) is 15.2. The maximum absolute atomic E-state index is 12.0. The van der Waals surface area contributed by atoms with E-state index in [4.69, 9.17) is 0 Å². The van der Waals surface area contributed by atoms with Gasteiger partial charge in [0.25, 0.3) is 11.5 Å². The quantitative estimate of drug-likeness (QED) is 0.844. The van der Waals surface area contributed by atoms with Crippen LogP contribution in [0.2, 0.25) is 0 Å². The zero-order valence-electron chi connectivity index (χ0n) is 12.0. The second-order valence-electron chi connectivity index (χ2n) is 5.51. The standard InChI is InChI=1S/C14H19N3O4/c1-17-11(18)6-5-10(16-17)12(19)15-9-14(13(20)21)7-3-2-4-8-14/h5-6H,2-4,7-9H2,1H3,(H,15,19)(H,20,21). The van der Waals surface area contributed by atoms with Gasteiger partial charge in [0.05, 0.1) is 5.41 Å². The van der Waals surface area contributed by atoms with Crippen molar-refractivity contribution in [3.05, 3.63) is 28.2 Å². The Bertz CT molecular complexity index is 602. The van der Waals surface area contributed by atoms with Gasteiger partial charge in [-0.1, -0.05) is 19.3 Å². The second-order valence-corrected chi connectivity index (χ2v) is 5.51. The molecule has 7 heteroatoms. The van der Waals surface area contributed by atoms with E-state index < -0.39 is 17.3 Å². The summed E-state index contributed by atoms with van der Waals surface area (Å²) in [6.07, 6.45) is 3.90. The van der Waals surface area contributed by atoms with Crippen LogP contribution in [0.25, 0.3) is 0 Å². The summed E-state index contributed by atoms with van der Waals surface area (Å²) < 4.78 is 1.07. The predicted molar refractivity (Wildman–Crippen MR) is 75.0 cm³/mol. The molecule has 2 rings (SSSR count). The van der Waals surface area contributed by atoms with Crippen LogP contribution in [0.4, 0.5) is 0 Å². The molecule has 1 fully saturated rings. The molecule has 2 N–H and O–H groups in total. The van der Waals surface area contributed by atoms with E-state index in [1.54, 1.807) is 0 Å². The molecule has 1 aliphatic rings. The number of nitrogens with zero attached hydrogens (tertiary/aromatic N) is 2. The number of carbonyl (C=O) groups is 2. The van der Waals surface area contributed by atoms with Crippen molar-refractivity contribution >= 4 is 11.9 Å². The minimum atomic E-state index is -0.880. The molecule has 0 spiro atoms. The minimum Gasteiger partial charge on any atom is -0.481 e.